The number of fused-ring (bicyclic) bond motifs is 1. The van der Waals surface area contributed by atoms with Crippen molar-refractivity contribution in [2.45, 2.75) is 19.4 Å². The van der Waals surface area contributed by atoms with Gasteiger partial charge in [-0.05, 0) is 24.6 Å². The number of pyridine rings is 1. The van der Waals surface area contributed by atoms with E-state index in [1.165, 1.54) is 0 Å². The largest absolute Gasteiger partial charge is 0.543 e. The van der Waals surface area contributed by atoms with Gasteiger partial charge in [-0.3, -0.25) is 0 Å². The third kappa shape index (κ3) is 2.65. The van der Waals surface area contributed by atoms with E-state index in [9.17, 15) is 9.90 Å². The topological polar surface area (TPSA) is 59.8 Å². The van der Waals surface area contributed by atoms with Gasteiger partial charge in [-0.2, -0.15) is 4.57 Å². The van der Waals surface area contributed by atoms with Crippen molar-refractivity contribution in [3.8, 4) is 0 Å². The Hall–Kier alpha value is -2.62. The smallest absolute Gasteiger partial charge is 0.201 e. The lowest BCUT2D eigenvalue weighted by molar-refractivity contribution is -0.716. The number of benzene rings is 1. The Labute approximate surface area is 122 Å². The number of H-pyrrole nitrogens is 1. The number of hydrogen-bond acceptors (Lipinski definition) is 2. The van der Waals surface area contributed by atoms with Crippen LogP contribution in [-0.4, -0.2) is 11.0 Å². The highest BCUT2D eigenvalue weighted by Crippen LogP contribution is 2.20. The Balaban J connectivity index is 1.98. The molecule has 106 valence electrons. The molecule has 2 aromatic heterocycles. The molecule has 0 radical (unpaired) electrons. The second-order valence-corrected chi connectivity index (χ2v) is 5.23. The van der Waals surface area contributed by atoms with Crippen LogP contribution >= 0.6 is 0 Å². The number of nitrogens with zero attached hydrogens (tertiary/aromatic N) is 1. The lowest BCUT2D eigenvalue weighted by Gasteiger charge is -2.13. The highest BCUT2D eigenvalue weighted by atomic mass is 16.4. The van der Waals surface area contributed by atoms with Gasteiger partial charge in [0.15, 0.2) is 12.4 Å². The molecule has 1 N–H and O–H groups in total. The molecule has 4 heteroatoms. The van der Waals surface area contributed by atoms with Gasteiger partial charge in [-0.15, -0.1) is 0 Å². The molecule has 0 fully saturated rings. The highest BCUT2D eigenvalue weighted by Gasteiger charge is 2.22. The van der Waals surface area contributed by atoms with Crippen molar-refractivity contribution in [2.24, 2.45) is 0 Å². The first-order valence-corrected chi connectivity index (χ1v) is 6.88. The maximum absolute atomic E-state index is 11.5. The molecule has 0 unspecified atom stereocenters. The lowest BCUT2D eigenvalue weighted by atomic mass is 10.0. The Morgan fingerprint density at radius 3 is 2.86 bits per heavy atom. The summed E-state index contributed by atoms with van der Waals surface area (Å²) in [6.07, 6.45) is 5.86. The van der Waals surface area contributed by atoms with Crippen molar-refractivity contribution in [2.75, 3.05) is 0 Å². The zero-order valence-electron chi connectivity index (χ0n) is 11.7. The molecular weight excluding hydrogens is 264 g/mol. The monoisotopic (exact) mass is 280 g/mol. The van der Waals surface area contributed by atoms with Gasteiger partial charge in [0, 0.05) is 35.2 Å². The summed E-state index contributed by atoms with van der Waals surface area (Å²) in [6, 6.07) is 10.9. The van der Waals surface area contributed by atoms with Crippen LogP contribution < -0.4 is 9.67 Å². The van der Waals surface area contributed by atoms with E-state index in [1.807, 2.05) is 55.7 Å². The van der Waals surface area contributed by atoms with Crippen molar-refractivity contribution in [1.29, 1.82) is 0 Å². The summed E-state index contributed by atoms with van der Waals surface area (Å²) < 4.78 is 1.70. The first-order valence-electron chi connectivity index (χ1n) is 6.88. The van der Waals surface area contributed by atoms with Crippen molar-refractivity contribution >= 4 is 16.9 Å². The number of carboxylic acid groups (broad SMARTS) is 1. The van der Waals surface area contributed by atoms with Gasteiger partial charge in [0.25, 0.3) is 0 Å². The summed E-state index contributed by atoms with van der Waals surface area (Å²) in [6.45, 7) is 1.94. The lowest BCUT2D eigenvalue weighted by Crippen LogP contribution is -2.50. The zero-order valence-corrected chi connectivity index (χ0v) is 11.7. The molecule has 0 spiro atoms. The third-order valence-corrected chi connectivity index (χ3v) is 3.69. The van der Waals surface area contributed by atoms with E-state index >= 15 is 0 Å². The van der Waals surface area contributed by atoms with Gasteiger partial charge in [-0.25, -0.2) is 0 Å². The predicted octanol–water partition coefficient (Wildman–Crippen LogP) is 1.30. The summed E-state index contributed by atoms with van der Waals surface area (Å²) >= 11 is 0. The minimum absolute atomic E-state index is 0.389. The van der Waals surface area contributed by atoms with Gasteiger partial charge in [0.1, 0.15) is 5.97 Å². The molecule has 21 heavy (non-hydrogen) atoms. The van der Waals surface area contributed by atoms with Gasteiger partial charge < -0.3 is 14.9 Å². The molecule has 0 saturated carbocycles. The number of rotatable bonds is 4. The molecule has 0 aliphatic carbocycles. The fourth-order valence-corrected chi connectivity index (χ4v) is 2.63. The second-order valence-electron chi connectivity index (χ2n) is 5.23. The Morgan fingerprint density at radius 1 is 1.29 bits per heavy atom. The third-order valence-electron chi connectivity index (χ3n) is 3.69. The first kappa shape index (κ1) is 13.4. The van der Waals surface area contributed by atoms with Gasteiger partial charge in [-0.1, -0.05) is 18.2 Å². The molecule has 0 saturated heterocycles. The first-order chi connectivity index (χ1) is 10.1. The van der Waals surface area contributed by atoms with Crippen molar-refractivity contribution < 1.29 is 14.5 Å². The molecule has 1 aromatic carbocycles. The van der Waals surface area contributed by atoms with E-state index in [-0.39, 0.29) is 0 Å². The Kier molecular flexibility index (Phi) is 3.44. The molecule has 4 nitrogen and oxygen atoms in total. The molecule has 3 aromatic rings. The van der Waals surface area contributed by atoms with Crippen LogP contribution in [0.15, 0.2) is 55.0 Å². The number of nitrogens with one attached hydrogen (secondary N) is 1. The number of aromatic nitrogens is 2. The second kappa shape index (κ2) is 5.40. The molecular formula is C17H16N2O2. The van der Waals surface area contributed by atoms with Crippen LogP contribution in [0.3, 0.4) is 0 Å². The average Bonchev–Trinajstić information content (AvgIpc) is 2.87. The van der Waals surface area contributed by atoms with Crippen LogP contribution in [0, 0.1) is 6.92 Å². The fourth-order valence-electron chi connectivity index (χ4n) is 2.63. The summed E-state index contributed by atoms with van der Waals surface area (Å²) in [5, 5.41) is 12.6. The van der Waals surface area contributed by atoms with Crippen LogP contribution in [0.1, 0.15) is 17.2 Å². The number of para-hydroxylation sites is 1. The van der Waals surface area contributed by atoms with E-state index < -0.39 is 12.0 Å². The molecule has 0 aliphatic heterocycles. The number of carboxylic acids is 1. The number of aliphatic carboxylic acids is 1. The maximum atomic E-state index is 11.5. The van der Waals surface area contributed by atoms with E-state index in [0.29, 0.717) is 6.42 Å². The van der Waals surface area contributed by atoms with Crippen LogP contribution in [0.2, 0.25) is 0 Å². The average molecular weight is 280 g/mol. The molecule has 0 amide bonds. The Morgan fingerprint density at radius 2 is 2.10 bits per heavy atom. The number of hydrogen-bond donors (Lipinski definition) is 1. The highest BCUT2D eigenvalue weighted by molar-refractivity contribution is 5.83. The minimum atomic E-state index is -1.07. The number of carbonyl (C=O) groups is 1. The summed E-state index contributed by atoms with van der Waals surface area (Å²) in [5.74, 6) is -1.07. The van der Waals surface area contributed by atoms with E-state index in [2.05, 4.69) is 4.98 Å². The van der Waals surface area contributed by atoms with Crippen molar-refractivity contribution in [3.63, 3.8) is 0 Å². The predicted molar refractivity (Wildman–Crippen MR) is 77.4 cm³/mol. The SMILES string of the molecule is Cc1ccc[n+]([C@@H](Cc2c[nH]c3ccccc23)C(=O)[O-])c1. The normalized spacial score (nSPS) is 12.4. The molecule has 0 bridgehead atoms. The van der Waals surface area contributed by atoms with E-state index in [4.69, 9.17) is 0 Å². The molecule has 2 heterocycles. The van der Waals surface area contributed by atoms with E-state index in [0.717, 1.165) is 22.0 Å². The minimum Gasteiger partial charge on any atom is -0.543 e. The zero-order chi connectivity index (χ0) is 14.8. The summed E-state index contributed by atoms with van der Waals surface area (Å²) in [7, 11) is 0. The maximum Gasteiger partial charge on any atom is 0.201 e. The molecule has 3 rings (SSSR count). The van der Waals surface area contributed by atoms with Gasteiger partial charge in [0.05, 0.1) is 0 Å². The van der Waals surface area contributed by atoms with Crippen LogP contribution in [0.4, 0.5) is 0 Å². The quantitative estimate of drug-likeness (QED) is 0.732. The number of aryl methyl sites for hydroxylation is 1. The molecule has 1 atom stereocenters. The van der Waals surface area contributed by atoms with Crippen LogP contribution in [-0.2, 0) is 11.2 Å². The standard InChI is InChI=1S/C17H16N2O2/c1-12-5-4-8-19(11-12)16(17(20)21)9-13-10-18-15-7-3-2-6-14(13)15/h2-8,10-11,16,18H,9H2,1H3/t16-/m0/s1. The van der Waals surface area contributed by atoms with Gasteiger partial charge >= 0.3 is 0 Å². The van der Waals surface area contributed by atoms with Crippen molar-refractivity contribution in [1.82, 2.24) is 4.98 Å². The van der Waals surface area contributed by atoms with E-state index in [1.54, 1.807) is 10.8 Å². The number of aromatic amines is 1. The number of carbonyl (C=O) groups excluding carboxylic acids is 1. The summed E-state index contributed by atoms with van der Waals surface area (Å²) in [5.41, 5.74) is 3.01. The van der Waals surface area contributed by atoms with Crippen molar-refractivity contribution in [3.05, 3.63) is 66.1 Å². The van der Waals surface area contributed by atoms with Crippen LogP contribution in [0.5, 0.6) is 0 Å². The van der Waals surface area contributed by atoms with Gasteiger partial charge in [0.2, 0.25) is 6.04 Å². The fraction of sp³-hybridized carbons (Fsp3) is 0.176. The van der Waals surface area contributed by atoms with Crippen LogP contribution in [0.25, 0.3) is 10.9 Å². The Bertz CT molecular complexity index is 792. The molecule has 0 aliphatic rings. The summed E-state index contributed by atoms with van der Waals surface area (Å²) in [4.78, 5) is 14.7.